The van der Waals surface area contributed by atoms with Crippen LogP contribution in [-0.2, 0) is 4.79 Å². The summed E-state index contributed by atoms with van der Waals surface area (Å²) < 4.78 is 36.6. The first-order valence-corrected chi connectivity index (χ1v) is 6.32. The zero-order chi connectivity index (χ0) is 12.8. The molecule has 0 aromatic heterocycles. The Kier molecular flexibility index (Phi) is 7.03. The van der Waals surface area contributed by atoms with Gasteiger partial charge in [-0.1, -0.05) is 15.9 Å². The first-order chi connectivity index (χ1) is 7.28. The molecule has 0 spiro atoms. The van der Waals surface area contributed by atoms with E-state index in [1.165, 1.54) is 0 Å². The molecule has 0 aromatic rings. The van der Waals surface area contributed by atoms with Crippen LogP contribution in [-0.4, -0.2) is 34.9 Å². The molecule has 0 atom stereocenters. The van der Waals surface area contributed by atoms with Gasteiger partial charge >= 0.3 is 6.18 Å². The van der Waals surface area contributed by atoms with Gasteiger partial charge in [0.2, 0.25) is 5.91 Å². The van der Waals surface area contributed by atoms with E-state index in [0.29, 0.717) is 6.42 Å². The smallest absolute Gasteiger partial charge is 0.331 e. The van der Waals surface area contributed by atoms with Gasteiger partial charge in [0.15, 0.2) is 0 Å². The van der Waals surface area contributed by atoms with Gasteiger partial charge < -0.3 is 4.90 Å². The lowest BCUT2D eigenvalue weighted by molar-refractivity contribution is -0.164. The highest BCUT2D eigenvalue weighted by molar-refractivity contribution is 9.09. The van der Waals surface area contributed by atoms with Gasteiger partial charge in [-0.25, -0.2) is 0 Å². The monoisotopic (exact) mass is 303 g/mol. The van der Waals surface area contributed by atoms with Crippen LogP contribution in [0, 0.1) is 0 Å². The van der Waals surface area contributed by atoms with Gasteiger partial charge in [0.05, 0.1) is 0 Å². The van der Waals surface area contributed by atoms with Crippen LogP contribution in [0.2, 0.25) is 0 Å². The van der Waals surface area contributed by atoms with Crippen LogP contribution in [0.5, 0.6) is 0 Å². The topological polar surface area (TPSA) is 20.3 Å². The molecule has 2 nitrogen and oxygen atoms in total. The van der Waals surface area contributed by atoms with Gasteiger partial charge in [-0.15, -0.1) is 0 Å². The lowest BCUT2D eigenvalue weighted by Crippen LogP contribution is -2.43. The first-order valence-electron chi connectivity index (χ1n) is 5.20. The van der Waals surface area contributed by atoms with Crippen molar-refractivity contribution >= 4 is 21.8 Å². The van der Waals surface area contributed by atoms with Crippen LogP contribution >= 0.6 is 15.9 Å². The van der Waals surface area contributed by atoms with Gasteiger partial charge in [0.1, 0.15) is 6.54 Å². The standard InChI is InChI=1S/C10H17BrF3NO/c1-8(2)15(7-10(12,13)14)9(16)5-3-4-6-11/h8H,3-7H2,1-2H3. The molecule has 96 valence electrons. The molecule has 0 bridgehead atoms. The highest BCUT2D eigenvalue weighted by atomic mass is 79.9. The number of halogens is 4. The summed E-state index contributed by atoms with van der Waals surface area (Å²) in [6, 6.07) is -0.418. The molecule has 0 N–H and O–H groups in total. The van der Waals surface area contributed by atoms with Crippen LogP contribution in [0.4, 0.5) is 13.2 Å². The van der Waals surface area contributed by atoms with Crippen molar-refractivity contribution in [2.75, 3.05) is 11.9 Å². The third-order valence-electron chi connectivity index (χ3n) is 2.07. The molecule has 0 saturated heterocycles. The van der Waals surface area contributed by atoms with Crippen molar-refractivity contribution in [3.05, 3.63) is 0 Å². The molecular formula is C10H17BrF3NO. The maximum Gasteiger partial charge on any atom is 0.406 e. The predicted octanol–water partition coefficient (Wildman–Crippen LogP) is 3.35. The summed E-state index contributed by atoms with van der Waals surface area (Å²) in [7, 11) is 0. The number of rotatable bonds is 6. The molecular weight excluding hydrogens is 287 g/mol. The van der Waals surface area contributed by atoms with Crippen molar-refractivity contribution in [3.63, 3.8) is 0 Å². The van der Waals surface area contributed by atoms with Gasteiger partial charge in [0, 0.05) is 17.8 Å². The molecule has 0 rings (SSSR count). The average molecular weight is 304 g/mol. The Morgan fingerprint density at radius 2 is 1.88 bits per heavy atom. The zero-order valence-corrected chi connectivity index (χ0v) is 11.1. The van der Waals surface area contributed by atoms with Crippen LogP contribution < -0.4 is 0 Å². The molecule has 0 fully saturated rings. The maximum absolute atomic E-state index is 12.2. The Hall–Kier alpha value is -0.260. The quantitative estimate of drug-likeness (QED) is 0.544. The molecule has 0 aromatic carbocycles. The number of nitrogens with zero attached hydrogens (tertiary/aromatic N) is 1. The van der Waals surface area contributed by atoms with Crippen molar-refractivity contribution in [1.82, 2.24) is 4.90 Å². The molecule has 0 aliphatic carbocycles. The highest BCUT2D eigenvalue weighted by Crippen LogP contribution is 2.19. The largest absolute Gasteiger partial charge is 0.406 e. The number of amides is 1. The SMILES string of the molecule is CC(C)N(CC(F)(F)F)C(=O)CCCCBr. The summed E-state index contributed by atoms with van der Waals surface area (Å²) in [5.41, 5.74) is 0. The fraction of sp³-hybridized carbons (Fsp3) is 0.900. The predicted molar refractivity (Wildman–Crippen MR) is 60.5 cm³/mol. The molecule has 0 saturated carbocycles. The Morgan fingerprint density at radius 3 is 2.25 bits per heavy atom. The summed E-state index contributed by atoms with van der Waals surface area (Å²) in [5, 5.41) is 0.765. The van der Waals surface area contributed by atoms with Crippen molar-refractivity contribution in [2.24, 2.45) is 0 Å². The van der Waals surface area contributed by atoms with Crippen LogP contribution in [0.1, 0.15) is 33.1 Å². The number of hydrogen-bond acceptors (Lipinski definition) is 1. The van der Waals surface area contributed by atoms with Crippen molar-refractivity contribution < 1.29 is 18.0 Å². The number of hydrogen-bond donors (Lipinski definition) is 0. The van der Waals surface area contributed by atoms with E-state index in [9.17, 15) is 18.0 Å². The summed E-state index contributed by atoms with van der Waals surface area (Å²) in [6.45, 7) is 2.03. The first kappa shape index (κ1) is 15.7. The Bertz CT molecular complexity index is 219. The molecule has 0 aliphatic heterocycles. The van der Waals surface area contributed by atoms with Gasteiger partial charge in [0.25, 0.3) is 0 Å². The lowest BCUT2D eigenvalue weighted by atomic mass is 10.2. The summed E-state index contributed by atoms with van der Waals surface area (Å²) in [4.78, 5) is 12.4. The normalized spacial score (nSPS) is 11.9. The third kappa shape index (κ3) is 7.09. The minimum absolute atomic E-state index is 0.180. The summed E-state index contributed by atoms with van der Waals surface area (Å²) >= 11 is 3.21. The number of alkyl halides is 4. The molecule has 0 aliphatic rings. The minimum atomic E-state index is -4.32. The fourth-order valence-corrected chi connectivity index (χ4v) is 1.66. The van der Waals surface area contributed by atoms with E-state index in [4.69, 9.17) is 0 Å². The zero-order valence-electron chi connectivity index (χ0n) is 9.48. The van der Waals surface area contributed by atoms with Gasteiger partial charge in [-0.05, 0) is 26.7 Å². The van der Waals surface area contributed by atoms with Gasteiger partial charge in [-0.2, -0.15) is 13.2 Å². The maximum atomic E-state index is 12.2. The summed E-state index contributed by atoms with van der Waals surface area (Å²) in [6.07, 6.45) is -2.73. The Morgan fingerprint density at radius 1 is 1.31 bits per heavy atom. The van der Waals surface area contributed by atoms with Crippen molar-refractivity contribution in [3.8, 4) is 0 Å². The number of unbranched alkanes of at least 4 members (excludes halogenated alkanes) is 1. The Labute approximate surface area is 102 Å². The third-order valence-corrected chi connectivity index (χ3v) is 2.63. The van der Waals surface area contributed by atoms with Crippen LogP contribution in [0.25, 0.3) is 0 Å². The van der Waals surface area contributed by atoms with Gasteiger partial charge in [-0.3, -0.25) is 4.79 Å². The second kappa shape index (κ2) is 7.14. The van der Waals surface area contributed by atoms with Crippen molar-refractivity contribution in [1.29, 1.82) is 0 Å². The van der Waals surface area contributed by atoms with E-state index >= 15 is 0 Å². The fourth-order valence-electron chi connectivity index (χ4n) is 1.27. The van der Waals surface area contributed by atoms with Crippen LogP contribution in [0.15, 0.2) is 0 Å². The van der Waals surface area contributed by atoms with E-state index in [2.05, 4.69) is 15.9 Å². The summed E-state index contributed by atoms with van der Waals surface area (Å²) in [5.74, 6) is -0.423. The average Bonchev–Trinajstić information content (AvgIpc) is 2.12. The van der Waals surface area contributed by atoms with Crippen molar-refractivity contribution in [2.45, 2.75) is 45.3 Å². The van der Waals surface area contributed by atoms with E-state index in [1.807, 2.05) is 0 Å². The second-order valence-electron chi connectivity index (χ2n) is 3.88. The number of carbonyl (C=O) groups excluding carboxylic acids is 1. The highest BCUT2D eigenvalue weighted by Gasteiger charge is 2.33. The molecule has 1 amide bonds. The van der Waals surface area contributed by atoms with E-state index < -0.39 is 24.7 Å². The van der Waals surface area contributed by atoms with E-state index in [0.717, 1.165) is 16.7 Å². The second-order valence-corrected chi connectivity index (χ2v) is 4.67. The lowest BCUT2D eigenvalue weighted by Gasteiger charge is -2.27. The molecule has 6 heteroatoms. The molecule has 16 heavy (non-hydrogen) atoms. The Balaban J connectivity index is 4.25. The number of carbonyl (C=O) groups is 1. The molecule has 0 heterocycles. The van der Waals surface area contributed by atoms with Crippen LogP contribution in [0.3, 0.4) is 0 Å². The van der Waals surface area contributed by atoms with E-state index in [-0.39, 0.29) is 6.42 Å². The minimum Gasteiger partial charge on any atom is -0.331 e. The molecule has 0 unspecified atom stereocenters. The van der Waals surface area contributed by atoms with E-state index in [1.54, 1.807) is 13.8 Å². The molecule has 0 radical (unpaired) electrons.